The molecule has 0 heterocycles. The molecule has 0 unspecified atom stereocenters. The lowest BCUT2D eigenvalue weighted by Gasteiger charge is -2.05. The molecule has 20 heavy (non-hydrogen) atoms. The van der Waals surface area contributed by atoms with Crippen LogP contribution >= 0.6 is 0 Å². The number of aromatic hydroxyl groups is 1. The summed E-state index contributed by atoms with van der Waals surface area (Å²) in [5.41, 5.74) is 1.13. The summed E-state index contributed by atoms with van der Waals surface area (Å²) in [5.74, 6) is 0.298. The average molecular weight is 288 g/mol. The number of phenols is 1. The molecular weight excluding hydrogens is 265 g/mol. The number of halogens is 3. The Balaban J connectivity index is 1.93. The molecule has 0 aliphatic rings. The highest BCUT2D eigenvalue weighted by Gasteiger charge is 2.25. The van der Waals surface area contributed by atoms with Crippen molar-refractivity contribution in [2.24, 2.45) is 0 Å². The van der Waals surface area contributed by atoms with Crippen molar-refractivity contribution in [1.82, 2.24) is 0 Å². The van der Waals surface area contributed by atoms with Crippen LogP contribution in [-0.4, -0.2) is 11.3 Å². The molecule has 0 aromatic heterocycles. The fourth-order valence-corrected chi connectivity index (χ4v) is 2.25. The highest BCUT2D eigenvalue weighted by atomic mass is 19.4. The van der Waals surface area contributed by atoms with Crippen LogP contribution in [0, 0.1) is 0 Å². The van der Waals surface area contributed by atoms with Crippen molar-refractivity contribution >= 4 is 0 Å². The van der Waals surface area contributed by atoms with Crippen LogP contribution in [0.2, 0.25) is 0 Å². The predicted molar refractivity (Wildman–Crippen MR) is 74.8 cm³/mol. The molecule has 1 aromatic carbocycles. The Kier molecular flexibility index (Phi) is 7.48. The molecule has 0 atom stereocenters. The lowest BCUT2D eigenvalue weighted by Crippen LogP contribution is -2.06. The SMILES string of the molecule is Oc1cccc(CCCCCCCCCC(F)(F)F)c1. The zero-order valence-corrected chi connectivity index (χ0v) is 11.8. The van der Waals surface area contributed by atoms with Crippen molar-refractivity contribution in [3.8, 4) is 5.75 Å². The molecule has 0 saturated heterocycles. The number of unbranched alkanes of at least 4 members (excludes halogenated alkanes) is 6. The topological polar surface area (TPSA) is 20.2 Å². The van der Waals surface area contributed by atoms with Gasteiger partial charge in [-0.2, -0.15) is 13.2 Å². The number of alkyl halides is 3. The molecular formula is C16H23F3O. The van der Waals surface area contributed by atoms with E-state index in [1.807, 2.05) is 12.1 Å². The molecule has 0 bridgehead atoms. The van der Waals surface area contributed by atoms with Gasteiger partial charge in [-0.1, -0.05) is 44.2 Å². The fraction of sp³-hybridized carbons (Fsp3) is 0.625. The summed E-state index contributed by atoms with van der Waals surface area (Å²) in [7, 11) is 0. The van der Waals surface area contributed by atoms with Crippen molar-refractivity contribution in [2.45, 2.75) is 64.0 Å². The maximum Gasteiger partial charge on any atom is 0.389 e. The van der Waals surface area contributed by atoms with Gasteiger partial charge in [0.1, 0.15) is 5.75 Å². The third-order valence-electron chi connectivity index (χ3n) is 3.34. The molecule has 0 fully saturated rings. The van der Waals surface area contributed by atoms with Gasteiger partial charge in [0.25, 0.3) is 0 Å². The first-order chi connectivity index (χ1) is 9.47. The maximum absolute atomic E-state index is 11.9. The summed E-state index contributed by atoms with van der Waals surface area (Å²) in [4.78, 5) is 0. The molecule has 0 aliphatic heterocycles. The summed E-state index contributed by atoms with van der Waals surface area (Å²) in [6, 6.07) is 7.27. The van der Waals surface area contributed by atoms with E-state index in [0.717, 1.165) is 44.1 Å². The number of rotatable bonds is 9. The number of benzene rings is 1. The van der Waals surface area contributed by atoms with Crippen molar-refractivity contribution < 1.29 is 18.3 Å². The van der Waals surface area contributed by atoms with E-state index in [9.17, 15) is 18.3 Å². The van der Waals surface area contributed by atoms with E-state index < -0.39 is 12.6 Å². The monoisotopic (exact) mass is 288 g/mol. The Morgan fingerprint density at radius 1 is 0.850 bits per heavy atom. The van der Waals surface area contributed by atoms with E-state index in [0.29, 0.717) is 12.2 Å². The quantitative estimate of drug-likeness (QED) is 0.585. The van der Waals surface area contributed by atoms with Crippen LogP contribution < -0.4 is 0 Å². The van der Waals surface area contributed by atoms with E-state index in [4.69, 9.17) is 0 Å². The van der Waals surface area contributed by atoms with Crippen LogP contribution in [0.15, 0.2) is 24.3 Å². The van der Waals surface area contributed by atoms with Gasteiger partial charge in [0.05, 0.1) is 0 Å². The Morgan fingerprint density at radius 3 is 2.05 bits per heavy atom. The third-order valence-corrected chi connectivity index (χ3v) is 3.34. The minimum atomic E-state index is -4.00. The number of hydrogen-bond acceptors (Lipinski definition) is 1. The molecule has 1 aromatic rings. The molecule has 1 rings (SSSR count). The van der Waals surface area contributed by atoms with Crippen LogP contribution in [0.4, 0.5) is 13.2 Å². The summed E-state index contributed by atoms with van der Waals surface area (Å²) in [6.45, 7) is 0. The Bertz CT molecular complexity index is 374. The number of hydrogen-bond donors (Lipinski definition) is 1. The van der Waals surface area contributed by atoms with Crippen molar-refractivity contribution in [1.29, 1.82) is 0 Å². The predicted octanol–water partition coefficient (Wildman–Crippen LogP) is 5.62. The summed E-state index contributed by atoms with van der Waals surface area (Å²) in [5, 5.41) is 9.31. The first-order valence-electron chi connectivity index (χ1n) is 7.32. The van der Waals surface area contributed by atoms with Gasteiger partial charge in [-0.15, -0.1) is 0 Å². The van der Waals surface area contributed by atoms with Gasteiger partial charge in [-0.25, -0.2) is 0 Å². The largest absolute Gasteiger partial charge is 0.508 e. The first kappa shape index (κ1) is 16.9. The fourth-order valence-electron chi connectivity index (χ4n) is 2.25. The second-order valence-corrected chi connectivity index (χ2v) is 5.26. The van der Waals surface area contributed by atoms with Crippen molar-refractivity contribution in [3.05, 3.63) is 29.8 Å². The molecule has 0 radical (unpaired) electrons. The summed E-state index contributed by atoms with van der Waals surface area (Å²) >= 11 is 0. The smallest absolute Gasteiger partial charge is 0.389 e. The van der Waals surface area contributed by atoms with Gasteiger partial charge in [0.15, 0.2) is 0 Å². The summed E-state index contributed by atoms with van der Waals surface area (Å²) in [6.07, 6.45) is 2.36. The molecule has 114 valence electrons. The number of phenolic OH excluding ortho intramolecular Hbond substituents is 1. The molecule has 0 amide bonds. The van der Waals surface area contributed by atoms with E-state index in [1.54, 1.807) is 12.1 Å². The van der Waals surface area contributed by atoms with Gasteiger partial charge in [-0.05, 0) is 37.0 Å². The van der Waals surface area contributed by atoms with Crippen LogP contribution in [0.5, 0.6) is 5.75 Å². The van der Waals surface area contributed by atoms with Crippen molar-refractivity contribution in [3.63, 3.8) is 0 Å². The van der Waals surface area contributed by atoms with Crippen LogP contribution in [-0.2, 0) is 6.42 Å². The second kappa shape index (κ2) is 8.88. The lowest BCUT2D eigenvalue weighted by molar-refractivity contribution is -0.135. The van der Waals surface area contributed by atoms with Gasteiger partial charge in [-0.3, -0.25) is 0 Å². The van der Waals surface area contributed by atoms with E-state index in [2.05, 4.69) is 0 Å². The molecule has 1 nitrogen and oxygen atoms in total. The standard InChI is InChI=1S/C16H23F3O/c17-16(18,19)12-7-5-3-1-2-4-6-9-14-10-8-11-15(20)13-14/h8,10-11,13,20H,1-7,9,12H2. The van der Waals surface area contributed by atoms with Gasteiger partial charge in [0.2, 0.25) is 0 Å². The lowest BCUT2D eigenvalue weighted by atomic mass is 10.0. The first-order valence-corrected chi connectivity index (χ1v) is 7.32. The Hall–Kier alpha value is -1.19. The van der Waals surface area contributed by atoms with Gasteiger partial charge in [0, 0.05) is 6.42 Å². The van der Waals surface area contributed by atoms with E-state index in [-0.39, 0.29) is 6.42 Å². The zero-order valence-electron chi connectivity index (χ0n) is 11.8. The van der Waals surface area contributed by atoms with E-state index >= 15 is 0 Å². The van der Waals surface area contributed by atoms with Gasteiger partial charge < -0.3 is 5.11 Å². The zero-order chi connectivity index (χ0) is 14.8. The number of aryl methyl sites for hydroxylation is 1. The van der Waals surface area contributed by atoms with Crippen LogP contribution in [0.25, 0.3) is 0 Å². The minimum Gasteiger partial charge on any atom is -0.508 e. The molecule has 0 spiro atoms. The normalized spacial score (nSPS) is 11.8. The molecule has 0 saturated carbocycles. The highest BCUT2D eigenvalue weighted by Crippen LogP contribution is 2.23. The second-order valence-electron chi connectivity index (χ2n) is 5.26. The minimum absolute atomic E-state index is 0.257. The van der Waals surface area contributed by atoms with Crippen LogP contribution in [0.3, 0.4) is 0 Å². The van der Waals surface area contributed by atoms with Gasteiger partial charge >= 0.3 is 6.18 Å². The molecule has 1 N–H and O–H groups in total. The molecule has 0 aliphatic carbocycles. The average Bonchev–Trinajstić information content (AvgIpc) is 2.35. The maximum atomic E-state index is 11.9. The van der Waals surface area contributed by atoms with E-state index in [1.165, 1.54) is 0 Å². The Labute approximate surface area is 118 Å². The highest BCUT2D eigenvalue weighted by molar-refractivity contribution is 5.27. The molecule has 4 heteroatoms. The van der Waals surface area contributed by atoms with Crippen LogP contribution in [0.1, 0.15) is 56.9 Å². The summed E-state index contributed by atoms with van der Waals surface area (Å²) < 4.78 is 35.7. The van der Waals surface area contributed by atoms with Crippen molar-refractivity contribution in [2.75, 3.05) is 0 Å². The Morgan fingerprint density at radius 2 is 1.45 bits per heavy atom. The third kappa shape index (κ3) is 8.83.